The molecule has 0 amide bonds. The van der Waals surface area contributed by atoms with Gasteiger partial charge < -0.3 is 0 Å². The van der Waals surface area contributed by atoms with Crippen molar-refractivity contribution in [2.75, 3.05) is 0 Å². The minimum atomic E-state index is -0.398. The van der Waals surface area contributed by atoms with E-state index in [4.69, 9.17) is 11.6 Å². The third-order valence-corrected chi connectivity index (χ3v) is 5.24. The van der Waals surface area contributed by atoms with Gasteiger partial charge in [0, 0.05) is 0 Å². The molecule has 1 aliphatic rings. The van der Waals surface area contributed by atoms with E-state index in [1.54, 1.807) is 6.07 Å². The van der Waals surface area contributed by atoms with Crippen molar-refractivity contribution in [2.24, 2.45) is 16.7 Å². The molecule has 1 fully saturated rings. The Bertz CT molecular complexity index is 545. The second-order valence-corrected chi connectivity index (χ2v) is 7.86. The van der Waals surface area contributed by atoms with Crippen LogP contribution in [0.25, 0.3) is 0 Å². The van der Waals surface area contributed by atoms with Gasteiger partial charge in [-0.3, -0.25) is 0 Å². The fourth-order valence-electron chi connectivity index (χ4n) is 3.40. The normalized spacial score (nSPS) is 26.4. The summed E-state index contributed by atoms with van der Waals surface area (Å²) < 4.78 is 13.6. The third kappa shape index (κ3) is 3.77. The van der Waals surface area contributed by atoms with Crippen molar-refractivity contribution < 1.29 is 4.39 Å². The van der Waals surface area contributed by atoms with Crippen LogP contribution in [0.2, 0.25) is 5.02 Å². The second-order valence-electron chi connectivity index (χ2n) is 7.46. The lowest BCUT2D eigenvalue weighted by molar-refractivity contribution is 0.120. The van der Waals surface area contributed by atoms with E-state index in [1.807, 2.05) is 6.07 Å². The van der Waals surface area contributed by atoms with Crippen molar-refractivity contribution >= 4 is 11.6 Å². The molecule has 0 N–H and O–H groups in total. The SMILES string of the molecule is CC(C)(C)C1CCC(C#N)(Cc2ccc(Cl)c(F)c2)CC1. The average molecular weight is 308 g/mol. The molecule has 0 heterocycles. The maximum atomic E-state index is 13.6. The van der Waals surface area contributed by atoms with Gasteiger partial charge in [-0.25, -0.2) is 4.39 Å². The Kier molecular flexibility index (Phi) is 4.63. The van der Waals surface area contributed by atoms with Crippen LogP contribution in [0.3, 0.4) is 0 Å². The number of halogens is 2. The van der Waals surface area contributed by atoms with Gasteiger partial charge in [-0.05, 0) is 61.1 Å². The van der Waals surface area contributed by atoms with E-state index in [1.165, 1.54) is 6.07 Å². The summed E-state index contributed by atoms with van der Waals surface area (Å²) in [5, 5.41) is 9.79. The van der Waals surface area contributed by atoms with E-state index in [2.05, 4.69) is 26.8 Å². The summed E-state index contributed by atoms with van der Waals surface area (Å²) in [5.74, 6) is 0.270. The molecule has 0 saturated heterocycles. The molecule has 3 heteroatoms. The number of nitrogens with zero attached hydrogens (tertiary/aromatic N) is 1. The Labute approximate surface area is 132 Å². The summed E-state index contributed by atoms with van der Waals surface area (Å²) in [6.45, 7) is 6.81. The molecule has 1 saturated carbocycles. The van der Waals surface area contributed by atoms with Gasteiger partial charge in [-0.1, -0.05) is 38.4 Å². The predicted octanol–water partition coefficient (Wildman–Crippen LogP) is 5.77. The summed E-state index contributed by atoms with van der Waals surface area (Å²) in [5.41, 5.74) is 0.823. The van der Waals surface area contributed by atoms with Gasteiger partial charge in [0.2, 0.25) is 0 Å². The standard InChI is InChI=1S/C18H23ClFN/c1-17(2,3)14-6-8-18(12-21,9-7-14)11-13-4-5-15(19)16(20)10-13/h4-5,10,14H,6-9,11H2,1-3H3. The van der Waals surface area contributed by atoms with Crippen LogP contribution in [0.1, 0.15) is 52.0 Å². The fourth-order valence-corrected chi connectivity index (χ4v) is 3.52. The van der Waals surface area contributed by atoms with Crippen LogP contribution in [0.15, 0.2) is 18.2 Å². The zero-order chi connectivity index (χ0) is 15.7. The van der Waals surface area contributed by atoms with Crippen molar-refractivity contribution in [1.82, 2.24) is 0 Å². The molecule has 114 valence electrons. The quantitative estimate of drug-likeness (QED) is 0.680. The molecule has 0 unspecified atom stereocenters. The van der Waals surface area contributed by atoms with Gasteiger partial charge in [0.05, 0.1) is 16.5 Å². The van der Waals surface area contributed by atoms with Crippen LogP contribution in [0.5, 0.6) is 0 Å². The zero-order valence-corrected chi connectivity index (χ0v) is 13.8. The lowest BCUT2D eigenvalue weighted by atomic mass is 9.63. The van der Waals surface area contributed by atoms with E-state index in [0.29, 0.717) is 17.8 Å². The molecular weight excluding hydrogens is 285 g/mol. The van der Waals surface area contributed by atoms with Gasteiger partial charge >= 0.3 is 0 Å². The molecule has 1 nitrogen and oxygen atoms in total. The van der Waals surface area contributed by atoms with Crippen LogP contribution in [0.4, 0.5) is 4.39 Å². The summed E-state index contributed by atoms with van der Waals surface area (Å²) in [6.07, 6.45) is 4.57. The topological polar surface area (TPSA) is 23.8 Å². The summed E-state index contributed by atoms with van der Waals surface area (Å²) in [7, 11) is 0. The molecule has 2 rings (SSSR count). The van der Waals surface area contributed by atoms with Gasteiger partial charge in [-0.15, -0.1) is 0 Å². The Hall–Kier alpha value is -1.07. The first kappa shape index (κ1) is 16.3. The van der Waals surface area contributed by atoms with Crippen LogP contribution < -0.4 is 0 Å². The Balaban J connectivity index is 2.10. The van der Waals surface area contributed by atoms with Crippen LogP contribution in [0, 0.1) is 33.9 Å². The van der Waals surface area contributed by atoms with E-state index in [9.17, 15) is 9.65 Å². The van der Waals surface area contributed by atoms with Crippen LogP contribution >= 0.6 is 11.6 Å². The fraction of sp³-hybridized carbons (Fsp3) is 0.611. The largest absolute Gasteiger partial charge is 0.205 e. The monoisotopic (exact) mass is 307 g/mol. The van der Waals surface area contributed by atoms with Crippen molar-refractivity contribution in [3.63, 3.8) is 0 Å². The van der Waals surface area contributed by atoms with Crippen molar-refractivity contribution in [1.29, 1.82) is 5.26 Å². The van der Waals surface area contributed by atoms with Crippen LogP contribution in [-0.2, 0) is 6.42 Å². The van der Waals surface area contributed by atoms with E-state index in [-0.39, 0.29) is 10.4 Å². The highest BCUT2D eigenvalue weighted by molar-refractivity contribution is 6.30. The molecule has 1 aliphatic carbocycles. The Morgan fingerprint density at radius 2 is 1.95 bits per heavy atom. The lowest BCUT2D eigenvalue weighted by Gasteiger charge is -2.40. The van der Waals surface area contributed by atoms with E-state index < -0.39 is 5.82 Å². The highest BCUT2D eigenvalue weighted by Gasteiger charge is 2.39. The first-order valence-corrected chi connectivity index (χ1v) is 7.99. The average Bonchev–Trinajstić information content (AvgIpc) is 2.42. The van der Waals surface area contributed by atoms with Crippen LogP contribution in [-0.4, -0.2) is 0 Å². The zero-order valence-electron chi connectivity index (χ0n) is 13.0. The molecule has 0 radical (unpaired) electrons. The highest BCUT2D eigenvalue weighted by Crippen LogP contribution is 2.46. The molecule has 21 heavy (non-hydrogen) atoms. The van der Waals surface area contributed by atoms with Crippen molar-refractivity contribution in [3.05, 3.63) is 34.6 Å². The molecule has 1 aromatic carbocycles. The number of hydrogen-bond donors (Lipinski definition) is 0. The maximum absolute atomic E-state index is 13.6. The molecule has 0 aliphatic heterocycles. The first-order valence-electron chi connectivity index (χ1n) is 7.61. The van der Waals surface area contributed by atoms with E-state index in [0.717, 1.165) is 31.2 Å². The van der Waals surface area contributed by atoms with E-state index >= 15 is 0 Å². The number of rotatable bonds is 2. The Morgan fingerprint density at radius 3 is 2.43 bits per heavy atom. The summed E-state index contributed by atoms with van der Waals surface area (Å²) >= 11 is 5.72. The van der Waals surface area contributed by atoms with Gasteiger partial charge in [-0.2, -0.15) is 5.26 Å². The number of benzene rings is 1. The third-order valence-electron chi connectivity index (χ3n) is 4.93. The summed E-state index contributed by atoms with van der Waals surface area (Å²) in [6, 6.07) is 7.40. The minimum absolute atomic E-state index is 0.140. The summed E-state index contributed by atoms with van der Waals surface area (Å²) in [4.78, 5) is 0. The lowest BCUT2D eigenvalue weighted by Crippen LogP contribution is -2.33. The molecule has 1 aromatic rings. The predicted molar refractivity (Wildman–Crippen MR) is 84.6 cm³/mol. The van der Waals surface area contributed by atoms with Crippen molar-refractivity contribution in [3.8, 4) is 6.07 Å². The number of nitriles is 1. The first-order chi connectivity index (χ1) is 9.76. The highest BCUT2D eigenvalue weighted by atomic mass is 35.5. The van der Waals surface area contributed by atoms with Gasteiger partial charge in [0.1, 0.15) is 5.82 Å². The molecule has 0 aromatic heterocycles. The Morgan fingerprint density at radius 1 is 1.33 bits per heavy atom. The number of hydrogen-bond acceptors (Lipinski definition) is 1. The molecule has 0 atom stereocenters. The van der Waals surface area contributed by atoms with Crippen molar-refractivity contribution in [2.45, 2.75) is 52.9 Å². The molecular formula is C18H23ClFN. The molecule has 0 bridgehead atoms. The smallest absolute Gasteiger partial charge is 0.142 e. The van der Waals surface area contributed by atoms with Gasteiger partial charge in [0.25, 0.3) is 0 Å². The molecule has 0 spiro atoms. The van der Waals surface area contributed by atoms with Gasteiger partial charge in [0.15, 0.2) is 0 Å². The maximum Gasteiger partial charge on any atom is 0.142 e. The second kappa shape index (κ2) is 5.97. The minimum Gasteiger partial charge on any atom is -0.205 e.